The molecule has 0 fully saturated rings. The van der Waals surface area contributed by atoms with Gasteiger partial charge in [-0.15, -0.1) is 0 Å². The molecule has 67 heavy (non-hydrogen) atoms. The Morgan fingerprint density at radius 1 is 0.313 bits per heavy atom. The summed E-state index contributed by atoms with van der Waals surface area (Å²) in [6.45, 7) is 0. The molecule has 0 aliphatic rings. The molecule has 3 nitrogen and oxygen atoms in total. The topological polar surface area (TPSA) is 21.3 Å². The van der Waals surface area contributed by atoms with Crippen molar-refractivity contribution < 1.29 is 4.42 Å². The molecule has 2 aromatic heterocycles. The zero-order valence-electron chi connectivity index (χ0n) is 36.6. The van der Waals surface area contributed by atoms with Crippen LogP contribution in [0.1, 0.15) is 0 Å². The first-order valence-corrected chi connectivity index (χ1v) is 22.9. The summed E-state index contributed by atoms with van der Waals surface area (Å²) in [7, 11) is 0. The van der Waals surface area contributed by atoms with Crippen LogP contribution >= 0.6 is 0 Å². The molecule has 0 bridgehead atoms. The Kier molecular flexibility index (Phi) is 9.17. The van der Waals surface area contributed by atoms with Crippen LogP contribution in [0.25, 0.3) is 105 Å². The lowest BCUT2D eigenvalue weighted by molar-refractivity contribution is 0.670. The van der Waals surface area contributed by atoms with Crippen LogP contribution < -0.4 is 4.90 Å². The maximum Gasteiger partial charge on any atom is 0.143 e. The van der Waals surface area contributed by atoms with E-state index in [1.54, 1.807) is 0 Å². The minimum Gasteiger partial charge on any atom is -0.455 e. The van der Waals surface area contributed by atoms with Crippen LogP contribution in [0.2, 0.25) is 0 Å². The Balaban J connectivity index is 0.885. The van der Waals surface area contributed by atoms with Gasteiger partial charge < -0.3 is 13.9 Å². The number of fused-ring (bicyclic) bond motifs is 7. The van der Waals surface area contributed by atoms with Crippen LogP contribution in [0.4, 0.5) is 17.1 Å². The highest BCUT2D eigenvalue weighted by molar-refractivity contribution is 6.11. The molecule has 314 valence electrons. The summed E-state index contributed by atoms with van der Waals surface area (Å²) < 4.78 is 8.86. The highest BCUT2D eigenvalue weighted by Crippen LogP contribution is 2.44. The number of nitrogens with zero attached hydrogens (tertiary/aromatic N) is 2. The molecule has 0 radical (unpaired) electrons. The third-order valence-corrected chi connectivity index (χ3v) is 13.4. The van der Waals surface area contributed by atoms with Gasteiger partial charge in [-0.05, 0) is 99.4 Å². The zero-order valence-corrected chi connectivity index (χ0v) is 36.6. The Morgan fingerprint density at radius 2 is 0.836 bits per heavy atom. The predicted octanol–water partition coefficient (Wildman–Crippen LogP) is 18.0. The first-order valence-electron chi connectivity index (χ1n) is 22.9. The zero-order chi connectivity index (χ0) is 44.3. The third-order valence-electron chi connectivity index (χ3n) is 13.4. The van der Waals surface area contributed by atoms with E-state index in [4.69, 9.17) is 4.42 Å². The first-order chi connectivity index (χ1) is 33.2. The SMILES string of the molecule is c1cc(-c2ccc(N(c3ccc(-c4ccccc4-c4ccccc4-n4c5ccccc5c5ccccc54)cc3)c3cccc4ccccc34)cc2)cc(-c2cccc3c2oc2ccccc23)c1. The second-order valence-electron chi connectivity index (χ2n) is 17.2. The molecule has 3 heteroatoms. The first kappa shape index (κ1) is 38.5. The van der Waals surface area contributed by atoms with E-state index in [0.29, 0.717) is 0 Å². The Hall–Kier alpha value is -8.92. The smallest absolute Gasteiger partial charge is 0.143 e. The lowest BCUT2D eigenvalue weighted by Gasteiger charge is -2.27. The largest absolute Gasteiger partial charge is 0.455 e. The van der Waals surface area contributed by atoms with E-state index >= 15 is 0 Å². The Labute approximate surface area is 388 Å². The minimum absolute atomic E-state index is 0.907. The second-order valence-corrected chi connectivity index (χ2v) is 17.2. The van der Waals surface area contributed by atoms with Gasteiger partial charge in [-0.25, -0.2) is 0 Å². The average Bonchev–Trinajstić information content (AvgIpc) is 3.95. The van der Waals surface area contributed by atoms with E-state index in [0.717, 1.165) is 72.5 Å². The van der Waals surface area contributed by atoms with E-state index in [1.807, 2.05) is 12.1 Å². The van der Waals surface area contributed by atoms with Gasteiger partial charge >= 0.3 is 0 Å². The van der Waals surface area contributed by atoms with Crippen molar-refractivity contribution in [2.75, 3.05) is 4.90 Å². The summed E-state index contributed by atoms with van der Waals surface area (Å²) in [6.07, 6.45) is 0. The maximum absolute atomic E-state index is 6.44. The molecule has 0 saturated carbocycles. The number of rotatable bonds is 8. The van der Waals surface area contributed by atoms with E-state index in [9.17, 15) is 0 Å². The fourth-order valence-electron chi connectivity index (χ4n) is 10.3. The van der Waals surface area contributed by atoms with Crippen LogP contribution in [0.15, 0.2) is 259 Å². The molecule has 13 rings (SSSR count). The van der Waals surface area contributed by atoms with Gasteiger partial charge in [-0.1, -0.05) is 194 Å². The summed E-state index contributed by atoms with van der Waals surface area (Å²) in [5.41, 5.74) is 17.9. The van der Waals surface area contributed by atoms with Gasteiger partial charge in [0.25, 0.3) is 0 Å². The fourth-order valence-corrected chi connectivity index (χ4v) is 10.3. The number of anilines is 3. The molecule has 0 spiro atoms. The number of hydrogen-bond donors (Lipinski definition) is 0. The third kappa shape index (κ3) is 6.51. The van der Waals surface area contributed by atoms with Crippen LogP contribution in [-0.2, 0) is 0 Å². The van der Waals surface area contributed by atoms with Crippen molar-refractivity contribution in [3.63, 3.8) is 0 Å². The van der Waals surface area contributed by atoms with Gasteiger partial charge in [0.1, 0.15) is 11.2 Å². The molecule has 0 amide bonds. The van der Waals surface area contributed by atoms with Gasteiger partial charge in [-0.3, -0.25) is 0 Å². The van der Waals surface area contributed by atoms with Gasteiger partial charge in [0, 0.05) is 49.4 Å². The van der Waals surface area contributed by atoms with E-state index in [2.05, 4.69) is 252 Å². The van der Waals surface area contributed by atoms with Gasteiger partial charge in [0.15, 0.2) is 0 Å². The summed E-state index contributed by atoms with van der Waals surface area (Å²) in [6, 6.07) is 91.9. The van der Waals surface area contributed by atoms with Crippen LogP contribution in [0.3, 0.4) is 0 Å². The molecule has 0 atom stereocenters. The normalized spacial score (nSPS) is 11.6. The Bertz CT molecular complexity index is 3930. The molecular weight excluding hydrogens is 813 g/mol. The lowest BCUT2D eigenvalue weighted by atomic mass is 9.93. The van der Waals surface area contributed by atoms with Gasteiger partial charge in [-0.2, -0.15) is 0 Å². The predicted molar refractivity (Wildman–Crippen MR) is 282 cm³/mol. The molecular formula is C64H42N2O. The maximum atomic E-state index is 6.44. The molecule has 0 saturated heterocycles. The number of para-hydroxylation sites is 5. The van der Waals surface area contributed by atoms with Crippen molar-refractivity contribution in [3.8, 4) is 50.2 Å². The van der Waals surface area contributed by atoms with Crippen molar-refractivity contribution in [1.82, 2.24) is 4.57 Å². The summed E-state index contributed by atoms with van der Waals surface area (Å²) in [4.78, 5) is 2.39. The second kappa shape index (κ2) is 16.0. The highest BCUT2D eigenvalue weighted by atomic mass is 16.3. The summed E-state index contributed by atoms with van der Waals surface area (Å²) in [5.74, 6) is 0. The molecule has 0 aliphatic carbocycles. The van der Waals surface area contributed by atoms with E-state index in [1.165, 1.54) is 49.3 Å². The quantitative estimate of drug-likeness (QED) is 0.152. The molecule has 0 N–H and O–H groups in total. The van der Waals surface area contributed by atoms with Crippen LogP contribution in [0, 0.1) is 0 Å². The van der Waals surface area contributed by atoms with Crippen molar-refractivity contribution in [2.24, 2.45) is 0 Å². The average molecular weight is 855 g/mol. The summed E-state index contributed by atoms with van der Waals surface area (Å²) >= 11 is 0. The van der Waals surface area contributed by atoms with Crippen molar-refractivity contribution in [1.29, 1.82) is 0 Å². The number of furan rings is 1. The van der Waals surface area contributed by atoms with Gasteiger partial charge in [0.05, 0.1) is 22.4 Å². The van der Waals surface area contributed by atoms with E-state index in [-0.39, 0.29) is 0 Å². The van der Waals surface area contributed by atoms with E-state index < -0.39 is 0 Å². The van der Waals surface area contributed by atoms with Crippen molar-refractivity contribution in [2.45, 2.75) is 0 Å². The van der Waals surface area contributed by atoms with Gasteiger partial charge in [0.2, 0.25) is 0 Å². The van der Waals surface area contributed by atoms with Crippen molar-refractivity contribution >= 4 is 71.6 Å². The standard InChI is InChI=1S/C64H42N2O/c1-2-21-51-44(16-1)17-14-32-59(51)65(48-38-34-43(35-39-48)46-18-13-19-47(42-46)52-27-15-28-58-57-26-8-12-33-63(57)67-64(52)58)49-40-36-45(37-41-49)50-20-3-4-22-53(50)54-23-5-9-29-60(54)66-61-30-10-6-24-55(61)56-25-7-11-31-62(56)66/h1-42H. The summed E-state index contributed by atoms with van der Waals surface area (Å²) in [5, 5.41) is 7.17. The number of hydrogen-bond acceptors (Lipinski definition) is 2. The van der Waals surface area contributed by atoms with Crippen molar-refractivity contribution in [3.05, 3.63) is 255 Å². The highest BCUT2D eigenvalue weighted by Gasteiger charge is 2.20. The molecule has 11 aromatic carbocycles. The lowest BCUT2D eigenvalue weighted by Crippen LogP contribution is -2.10. The molecule has 0 aliphatic heterocycles. The van der Waals surface area contributed by atoms with Crippen LogP contribution in [0.5, 0.6) is 0 Å². The number of benzene rings is 11. The fraction of sp³-hybridized carbons (Fsp3) is 0. The Morgan fingerprint density at radius 3 is 1.60 bits per heavy atom. The molecule has 13 aromatic rings. The molecule has 0 unspecified atom stereocenters. The van der Waals surface area contributed by atoms with Crippen LogP contribution in [-0.4, -0.2) is 4.57 Å². The minimum atomic E-state index is 0.907. The monoisotopic (exact) mass is 854 g/mol. The number of aromatic nitrogens is 1. The molecule has 2 heterocycles.